The fraction of sp³-hybridized carbons (Fsp3) is 0.500. The molecule has 0 aromatic carbocycles. The van der Waals surface area contributed by atoms with Gasteiger partial charge in [-0.1, -0.05) is 23.7 Å². The zero-order valence-corrected chi connectivity index (χ0v) is 8.49. The second-order valence-electron chi connectivity index (χ2n) is 1.96. The number of ether oxygens (including phenoxy) is 1. The molecule has 0 radical (unpaired) electrons. The minimum absolute atomic E-state index is 0.0654. The molecule has 0 spiro atoms. The van der Waals surface area contributed by atoms with Gasteiger partial charge in [0.2, 0.25) is 0 Å². The number of aliphatic hydroxyl groups is 3. The molecule has 0 saturated heterocycles. The van der Waals surface area contributed by atoms with Crippen LogP contribution in [0.4, 0.5) is 0 Å². The van der Waals surface area contributed by atoms with Gasteiger partial charge in [0.25, 0.3) is 0 Å². The Balaban J connectivity index is 0. The number of esters is 1. The quantitative estimate of drug-likeness (QED) is 0.366. The lowest BCUT2D eigenvalue weighted by atomic mass is 10.6. The van der Waals surface area contributed by atoms with Gasteiger partial charge in [0.05, 0.1) is 0 Å². The van der Waals surface area contributed by atoms with E-state index in [2.05, 4.69) is 28.4 Å². The van der Waals surface area contributed by atoms with Gasteiger partial charge in [-0.15, -0.1) is 0 Å². The second-order valence-corrected chi connectivity index (χ2v) is 1.96. The van der Waals surface area contributed by atoms with E-state index in [1.165, 1.54) is 6.92 Å². The smallest absolute Gasteiger partial charge is 0.303 e. The molecular formula is C10H14O5. The number of aliphatic hydroxyl groups excluding tert-OH is 3. The van der Waals surface area contributed by atoms with Crippen LogP contribution in [0, 0.1) is 23.7 Å². The summed E-state index contributed by atoms with van der Waals surface area (Å²) >= 11 is 0. The average Bonchev–Trinajstić information content (AvgIpc) is 2.22. The zero-order valence-electron chi connectivity index (χ0n) is 8.49. The molecule has 3 N–H and O–H groups in total. The van der Waals surface area contributed by atoms with Crippen LogP contribution in [0.25, 0.3) is 0 Å². The highest BCUT2D eigenvalue weighted by Gasteiger charge is 1.84. The number of carbonyl (C=O) groups is 1. The Labute approximate surface area is 88.7 Å². The van der Waals surface area contributed by atoms with E-state index in [9.17, 15) is 4.79 Å². The number of hydrogen-bond donors (Lipinski definition) is 3. The minimum atomic E-state index is -0.359. The van der Waals surface area contributed by atoms with E-state index in [-0.39, 0.29) is 32.4 Å². The van der Waals surface area contributed by atoms with Gasteiger partial charge in [-0.25, -0.2) is 0 Å². The van der Waals surface area contributed by atoms with Gasteiger partial charge < -0.3 is 20.1 Å². The molecule has 0 saturated carbocycles. The zero-order chi connectivity index (χ0) is 11.9. The summed E-state index contributed by atoms with van der Waals surface area (Å²) in [5, 5.41) is 23.9. The van der Waals surface area contributed by atoms with Crippen LogP contribution >= 0.6 is 0 Å². The molecule has 0 unspecified atom stereocenters. The maximum atomic E-state index is 10.1. The Morgan fingerprint density at radius 3 is 1.73 bits per heavy atom. The van der Waals surface area contributed by atoms with Crippen molar-refractivity contribution >= 4 is 5.97 Å². The Morgan fingerprint density at radius 2 is 1.40 bits per heavy atom. The summed E-state index contributed by atoms with van der Waals surface area (Å²) in [6, 6.07) is 0. The normalized spacial score (nSPS) is 6.93. The van der Waals surface area contributed by atoms with Crippen LogP contribution in [0.15, 0.2) is 0 Å². The van der Waals surface area contributed by atoms with Crippen molar-refractivity contribution in [2.75, 3.05) is 26.4 Å². The highest BCUT2D eigenvalue weighted by molar-refractivity contribution is 5.66. The summed E-state index contributed by atoms with van der Waals surface area (Å²) < 4.78 is 4.42. The predicted octanol–water partition coefficient (Wildman–Crippen LogP) is -1.48. The van der Waals surface area contributed by atoms with Crippen molar-refractivity contribution < 1.29 is 24.9 Å². The predicted molar refractivity (Wildman–Crippen MR) is 53.4 cm³/mol. The maximum absolute atomic E-state index is 10.1. The molecule has 15 heavy (non-hydrogen) atoms. The first-order chi connectivity index (χ1) is 7.18. The van der Waals surface area contributed by atoms with Crippen LogP contribution in [0.5, 0.6) is 0 Å². The molecule has 0 heterocycles. The Kier molecular flexibility index (Phi) is 15.9. The Bertz CT molecular complexity index is 255. The van der Waals surface area contributed by atoms with Crippen LogP contribution in [0.2, 0.25) is 0 Å². The van der Waals surface area contributed by atoms with E-state index in [0.717, 1.165) is 0 Å². The van der Waals surface area contributed by atoms with Crippen molar-refractivity contribution in [3.8, 4) is 23.7 Å². The van der Waals surface area contributed by atoms with E-state index in [1.807, 2.05) is 0 Å². The lowest BCUT2D eigenvalue weighted by molar-refractivity contribution is -0.139. The molecule has 0 aliphatic carbocycles. The van der Waals surface area contributed by atoms with Crippen LogP contribution in [-0.4, -0.2) is 47.7 Å². The molecule has 84 valence electrons. The summed E-state index contributed by atoms with van der Waals surface area (Å²) in [5.74, 6) is 8.90. The van der Waals surface area contributed by atoms with Crippen LogP contribution in [-0.2, 0) is 9.53 Å². The van der Waals surface area contributed by atoms with Crippen LogP contribution < -0.4 is 0 Å². The van der Waals surface area contributed by atoms with Crippen LogP contribution in [0.1, 0.15) is 6.92 Å². The topological polar surface area (TPSA) is 87.0 Å². The molecule has 0 rings (SSSR count). The van der Waals surface area contributed by atoms with Gasteiger partial charge in [0.1, 0.15) is 19.8 Å². The van der Waals surface area contributed by atoms with Crippen molar-refractivity contribution in [2.24, 2.45) is 0 Å². The van der Waals surface area contributed by atoms with Gasteiger partial charge in [-0.05, 0) is 0 Å². The molecule has 0 aliphatic heterocycles. The molecule has 0 fully saturated rings. The van der Waals surface area contributed by atoms with Crippen LogP contribution in [0.3, 0.4) is 0 Å². The molecule has 0 atom stereocenters. The third-order valence-electron chi connectivity index (χ3n) is 0.835. The summed E-state index contributed by atoms with van der Waals surface area (Å²) in [7, 11) is 0. The van der Waals surface area contributed by atoms with Crippen molar-refractivity contribution in [3.63, 3.8) is 0 Å². The Morgan fingerprint density at radius 1 is 1.00 bits per heavy atom. The first kappa shape index (κ1) is 15.9. The average molecular weight is 214 g/mol. The monoisotopic (exact) mass is 214 g/mol. The fourth-order valence-corrected chi connectivity index (χ4v) is 0.356. The lowest BCUT2D eigenvalue weighted by Crippen LogP contribution is -1.97. The van der Waals surface area contributed by atoms with Gasteiger partial charge in [0.15, 0.2) is 6.61 Å². The third-order valence-corrected chi connectivity index (χ3v) is 0.835. The standard InChI is InChI=1S/C6H8O3.C4H6O2/c1-6(8)9-5-3-2-4-7;5-3-1-2-4-6/h7H,4-5H2,1H3;5-6H,3-4H2. The largest absolute Gasteiger partial charge is 0.453 e. The van der Waals surface area contributed by atoms with E-state index in [4.69, 9.17) is 15.3 Å². The number of hydrogen-bond acceptors (Lipinski definition) is 5. The fourth-order valence-electron chi connectivity index (χ4n) is 0.356. The molecule has 0 aromatic heterocycles. The van der Waals surface area contributed by atoms with Crippen molar-refractivity contribution in [3.05, 3.63) is 0 Å². The molecule has 0 bridgehead atoms. The highest BCUT2D eigenvalue weighted by Crippen LogP contribution is 1.71. The van der Waals surface area contributed by atoms with E-state index in [1.54, 1.807) is 0 Å². The molecular weight excluding hydrogens is 200 g/mol. The Hall–Kier alpha value is -1.53. The first-order valence-corrected chi connectivity index (χ1v) is 4.06. The van der Waals surface area contributed by atoms with Crippen molar-refractivity contribution in [1.82, 2.24) is 0 Å². The van der Waals surface area contributed by atoms with Gasteiger partial charge >= 0.3 is 5.97 Å². The summed E-state index contributed by atoms with van der Waals surface area (Å²) in [4.78, 5) is 10.1. The van der Waals surface area contributed by atoms with Gasteiger partial charge in [-0.2, -0.15) is 0 Å². The van der Waals surface area contributed by atoms with E-state index in [0.29, 0.717) is 0 Å². The number of rotatable bonds is 1. The third kappa shape index (κ3) is 24.5. The highest BCUT2D eigenvalue weighted by atomic mass is 16.5. The van der Waals surface area contributed by atoms with E-state index < -0.39 is 0 Å². The summed E-state index contributed by atoms with van der Waals surface area (Å²) in [6.45, 7) is 0.846. The van der Waals surface area contributed by atoms with Crippen molar-refractivity contribution in [2.45, 2.75) is 6.92 Å². The molecule has 0 amide bonds. The van der Waals surface area contributed by atoms with Gasteiger partial charge in [-0.3, -0.25) is 4.79 Å². The van der Waals surface area contributed by atoms with E-state index >= 15 is 0 Å². The SMILES string of the molecule is CC(=O)OCC#CCO.OCC#CCO. The molecule has 0 aliphatic rings. The number of carbonyl (C=O) groups excluding carboxylic acids is 1. The summed E-state index contributed by atoms with van der Waals surface area (Å²) in [5.41, 5.74) is 0. The van der Waals surface area contributed by atoms with Crippen molar-refractivity contribution in [1.29, 1.82) is 0 Å². The molecule has 5 nitrogen and oxygen atoms in total. The van der Waals surface area contributed by atoms with Gasteiger partial charge in [0, 0.05) is 6.92 Å². The maximum Gasteiger partial charge on any atom is 0.303 e. The minimum Gasteiger partial charge on any atom is -0.453 e. The first-order valence-electron chi connectivity index (χ1n) is 4.06. The molecule has 5 heteroatoms. The summed E-state index contributed by atoms with van der Waals surface area (Å²) in [6.07, 6.45) is 0. The lowest BCUT2D eigenvalue weighted by Gasteiger charge is -1.90. The molecule has 0 aromatic rings. The second kappa shape index (κ2) is 15.0.